The molecule has 2 heterocycles. The van der Waals surface area contributed by atoms with Gasteiger partial charge in [-0.1, -0.05) is 11.6 Å². The van der Waals surface area contributed by atoms with Gasteiger partial charge in [0.1, 0.15) is 5.58 Å². The molecule has 1 saturated heterocycles. The highest BCUT2D eigenvalue weighted by Gasteiger charge is 2.21. The van der Waals surface area contributed by atoms with Gasteiger partial charge in [-0.25, -0.2) is 0 Å². The maximum Gasteiger partial charge on any atom is 0.287 e. The molecule has 6 heteroatoms. The summed E-state index contributed by atoms with van der Waals surface area (Å²) in [5, 5.41) is 4.03. The maximum absolute atomic E-state index is 12.2. The van der Waals surface area contributed by atoms with E-state index in [0.29, 0.717) is 10.6 Å². The average Bonchev–Trinajstić information content (AvgIpc) is 3.14. The first-order chi connectivity index (χ1) is 10.6. The third-order valence-corrected chi connectivity index (χ3v) is 4.20. The molecule has 0 atom stereocenters. The molecule has 0 bridgehead atoms. The molecule has 0 unspecified atom stereocenters. The summed E-state index contributed by atoms with van der Waals surface area (Å²) in [5.41, 5.74) is 1.33. The molecular weight excluding hydrogens is 304 g/mol. The van der Waals surface area contributed by atoms with E-state index in [1.54, 1.807) is 30.0 Å². The molecule has 0 saturated carbocycles. The summed E-state index contributed by atoms with van der Waals surface area (Å²) in [6.45, 7) is 3.35. The van der Waals surface area contributed by atoms with Crippen LogP contribution in [0, 0.1) is 6.92 Å². The first-order valence-electron chi connectivity index (χ1n) is 7.31. The number of halogens is 1. The minimum absolute atomic E-state index is 0.00389. The SMILES string of the molecule is Cc1c(C(=O)NCC(=O)N2CCCC2)oc2ccc(Cl)cc12. The third kappa shape index (κ3) is 2.81. The Morgan fingerprint density at radius 3 is 2.77 bits per heavy atom. The fourth-order valence-corrected chi connectivity index (χ4v) is 2.90. The molecule has 116 valence electrons. The van der Waals surface area contributed by atoms with Crippen LogP contribution in [0.15, 0.2) is 22.6 Å². The molecule has 5 nitrogen and oxygen atoms in total. The number of likely N-dealkylation sites (tertiary alicyclic amines) is 1. The number of furan rings is 1. The molecule has 1 aromatic carbocycles. The normalized spacial score (nSPS) is 14.5. The van der Waals surface area contributed by atoms with E-state index < -0.39 is 0 Å². The summed E-state index contributed by atoms with van der Waals surface area (Å²) in [5.74, 6) is -0.202. The van der Waals surface area contributed by atoms with E-state index in [1.165, 1.54) is 0 Å². The van der Waals surface area contributed by atoms with Gasteiger partial charge >= 0.3 is 0 Å². The molecule has 3 rings (SSSR count). The average molecular weight is 321 g/mol. The largest absolute Gasteiger partial charge is 0.451 e. The van der Waals surface area contributed by atoms with Crippen LogP contribution in [0.3, 0.4) is 0 Å². The van der Waals surface area contributed by atoms with Gasteiger partial charge in [0.05, 0.1) is 6.54 Å². The van der Waals surface area contributed by atoms with Crippen LogP contribution in [0.1, 0.15) is 29.0 Å². The van der Waals surface area contributed by atoms with Crippen LogP contribution in [0.4, 0.5) is 0 Å². The molecule has 1 aliphatic heterocycles. The van der Waals surface area contributed by atoms with Crippen molar-refractivity contribution in [3.8, 4) is 0 Å². The van der Waals surface area contributed by atoms with E-state index in [-0.39, 0.29) is 24.1 Å². The lowest BCUT2D eigenvalue weighted by Crippen LogP contribution is -2.38. The summed E-state index contributed by atoms with van der Waals surface area (Å²) >= 11 is 5.96. The van der Waals surface area contributed by atoms with Crippen molar-refractivity contribution in [2.75, 3.05) is 19.6 Å². The quantitative estimate of drug-likeness (QED) is 0.946. The Morgan fingerprint density at radius 1 is 1.32 bits per heavy atom. The van der Waals surface area contributed by atoms with Crippen molar-refractivity contribution in [2.24, 2.45) is 0 Å². The number of hydrogen-bond acceptors (Lipinski definition) is 3. The number of benzene rings is 1. The summed E-state index contributed by atoms with van der Waals surface area (Å²) in [7, 11) is 0. The predicted molar refractivity (Wildman–Crippen MR) is 84.1 cm³/mol. The van der Waals surface area contributed by atoms with Crippen LogP contribution in [-0.4, -0.2) is 36.3 Å². The van der Waals surface area contributed by atoms with Gasteiger partial charge in [0.15, 0.2) is 5.76 Å². The Labute approximate surface area is 133 Å². The van der Waals surface area contributed by atoms with Crippen LogP contribution in [-0.2, 0) is 4.79 Å². The fourth-order valence-electron chi connectivity index (χ4n) is 2.72. The van der Waals surface area contributed by atoms with Gasteiger partial charge in [0.2, 0.25) is 5.91 Å². The third-order valence-electron chi connectivity index (χ3n) is 3.96. The molecular formula is C16H17ClN2O3. The van der Waals surface area contributed by atoms with Crippen molar-refractivity contribution in [1.29, 1.82) is 0 Å². The lowest BCUT2D eigenvalue weighted by Gasteiger charge is -2.15. The number of aryl methyl sites for hydroxylation is 1. The van der Waals surface area contributed by atoms with E-state index in [1.807, 2.05) is 0 Å². The van der Waals surface area contributed by atoms with Crippen molar-refractivity contribution in [3.63, 3.8) is 0 Å². The van der Waals surface area contributed by atoms with Crippen molar-refractivity contribution in [1.82, 2.24) is 10.2 Å². The van der Waals surface area contributed by atoms with Crippen LogP contribution >= 0.6 is 11.6 Å². The van der Waals surface area contributed by atoms with E-state index in [9.17, 15) is 9.59 Å². The molecule has 2 amide bonds. The molecule has 2 aromatic rings. The number of carbonyl (C=O) groups excluding carboxylic acids is 2. The zero-order chi connectivity index (χ0) is 15.7. The highest BCUT2D eigenvalue weighted by molar-refractivity contribution is 6.31. The monoisotopic (exact) mass is 320 g/mol. The van der Waals surface area contributed by atoms with Gasteiger partial charge in [-0.15, -0.1) is 0 Å². The van der Waals surface area contributed by atoms with E-state index in [4.69, 9.17) is 16.0 Å². The highest BCUT2D eigenvalue weighted by Crippen LogP contribution is 2.27. The predicted octanol–water partition coefficient (Wildman–Crippen LogP) is 2.75. The molecule has 0 aliphatic carbocycles. The summed E-state index contributed by atoms with van der Waals surface area (Å²) in [4.78, 5) is 25.9. The van der Waals surface area contributed by atoms with Crippen molar-refractivity contribution in [3.05, 3.63) is 34.5 Å². The molecule has 0 spiro atoms. The molecule has 1 aromatic heterocycles. The lowest BCUT2D eigenvalue weighted by molar-refractivity contribution is -0.129. The van der Waals surface area contributed by atoms with Gasteiger partial charge in [0.25, 0.3) is 5.91 Å². The molecule has 1 N–H and O–H groups in total. The minimum Gasteiger partial charge on any atom is -0.451 e. The number of carbonyl (C=O) groups is 2. The Kier molecular flexibility index (Phi) is 4.07. The van der Waals surface area contributed by atoms with Crippen LogP contribution < -0.4 is 5.32 Å². The van der Waals surface area contributed by atoms with Gasteiger partial charge in [-0.3, -0.25) is 9.59 Å². The van der Waals surface area contributed by atoms with Crippen molar-refractivity contribution >= 4 is 34.4 Å². The summed E-state index contributed by atoms with van der Waals surface area (Å²) < 4.78 is 5.58. The van der Waals surface area contributed by atoms with Crippen LogP contribution in [0.2, 0.25) is 5.02 Å². The Morgan fingerprint density at radius 2 is 2.05 bits per heavy atom. The van der Waals surface area contributed by atoms with Gasteiger partial charge in [-0.05, 0) is 38.0 Å². The van der Waals surface area contributed by atoms with E-state index in [0.717, 1.165) is 36.9 Å². The van der Waals surface area contributed by atoms with E-state index in [2.05, 4.69) is 5.32 Å². The van der Waals surface area contributed by atoms with Gasteiger partial charge in [-0.2, -0.15) is 0 Å². The number of amides is 2. The number of nitrogens with zero attached hydrogens (tertiary/aromatic N) is 1. The lowest BCUT2D eigenvalue weighted by atomic mass is 10.1. The van der Waals surface area contributed by atoms with Crippen LogP contribution in [0.25, 0.3) is 11.0 Å². The second kappa shape index (κ2) is 6.01. The Balaban J connectivity index is 1.72. The molecule has 22 heavy (non-hydrogen) atoms. The maximum atomic E-state index is 12.2. The second-order valence-electron chi connectivity index (χ2n) is 5.47. The minimum atomic E-state index is -0.377. The fraction of sp³-hybridized carbons (Fsp3) is 0.375. The van der Waals surface area contributed by atoms with Gasteiger partial charge < -0.3 is 14.6 Å². The van der Waals surface area contributed by atoms with Gasteiger partial charge in [0, 0.05) is 29.1 Å². The second-order valence-corrected chi connectivity index (χ2v) is 5.90. The zero-order valence-electron chi connectivity index (χ0n) is 12.3. The number of fused-ring (bicyclic) bond motifs is 1. The smallest absolute Gasteiger partial charge is 0.287 e. The first kappa shape index (κ1) is 14.9. The van der Waals surface area contributed by atoms with E-state index >= 15 is 0 Å². The number of hydrogen-bond donors (Lipinski definition) is 1. The molecule has 1 aliphatic rings. The number of nitrogens with one attached hydrogen (secondary N) is 1. The summed E-state index contributed by atoms with van der Waals surface area (Å²) in [6, 6.07) is 5.21. The van der Waals surface area contributed by atoms with Crippen LogP contribution in [0.5, 0.6) is 0 Å². The Bertz CT molecular complexity index is 732. The first-order valence-corrected chi connectivity index (χ1v) is 7.68. The standard InChI is InChI=1S/C16H17ClN2O3/c1-10-12-8-11(17)4-5-13(12)22-15(10)16(21)18-9-14(20)19-6-2-3-7-19/h4-5,8H,2-3,6-7,9H2,1H3,(H,18,21). The number of rotatable bonds is 3. The zero-order valence-corrected chi connectivity index (χ0v) is 13.1. The topological polar surface area (TPSA) is 62.6 Å². The molecule has 0 radical (unpaired) electrons. The highest BCUT2D eigenvalue weighted by atomic mass is 35.5. The van der Waals surface area contributed by atoms with Crippen molar-refractivity contribution < 1.29 is 14.0 Å². The summed E-state index contributed by atoms with van der Waals surface area (Å²) in [6.07, 6.45) is 2.06. The Hall–Kier alpha value is -2.01. The van der Waals surface area contributed by atoms with Crippen molar-refractivity contribution in [2.45, 2.75) is 19.8 Å². The molecule has 1 fully saturated rings.